The van der Waals surface area contributed by atoms with Gasteiger partial charge >= 0.3 is 0 Å². The number of halogens is 2. The largest absolute Gasteiger partial charge is 0.293 e. The number of carbonyl (C=O) groups is 1. The van der Waals surface area contributed by atoms with Gasteiger partial charge in [0.1, 0.15) is 0 Å². The molecule has 17 heavy (non-hydrogen) atoms. The van der Waals surface area contributed by atoms with Crippen LogP contribution in [-0.4, -0.2) is 15.6 Å². The van der Waals surface area contributed by atoms with Crippen LogP contribution in [0.25, 0.3) is 0 Å². The highest BCUT2D eigenvalue weighted by molar-refractivity contribution is 9.12. The van der Waals surface area contributed by atoms with E-state index in [0.29, 0.717) is 5.56 Å². The van der Waals surface area contributed by atoms with Crippen molar-refractivity contribution in [3.63, 3.8) is 0 Å². The fourth-order valence-electron chi connectivity index (χ4n) is 1.39. The third kappa shape index (κ3) is 3.03. The van der Waals surface area contributed by atoms with Crippen LogP contribution >= 0.6 is 43.2 Å². The summed E-state index contributed by atoms with van der Waals surface area (Å²) >= 11 is 8.63. The summed E-state index contributed by atoms with van der Waals surface area (Å²) in [6.45, 7) is 0. The molecule has 0 aliphatic carbocycles. The molecule has 0 spiro atoms. The molecule has 2 atom stereocenters. The highest BCUT2D eigenvalue weighted by Crippen LogP contribution is 2.35. The number of carbonyl (C=O) groups excluding carboxylic acids is 1. The molecule has 0 aliphatic rings. The van der Waals surface area contributed by atoms with Gasteiger partial charge in [-0.2, -0.15) is 0 Å². The van der Waals surface area contributed by atoms with Crippen LogP contribution in [0.4, 0.5) is 0 Å². The quantitative estimate of drug-likeness (QED) is 0.592. The first-order chi connectivity index (χ1) is 8.20. The molecule has 0 aliphatic heterocycles. The molecule has 0 N–H and O–H groups in total. The predicted octanol–water partition coefficient (Wildman–Crippen LogP) is 4.23. The van der Waals surface area contributed by atoms with Crippen molar-refractivity contribution >= 4 is 49.0 Å². The van der Waals surface area contributed by atoms with Gasteiger partial charge in [-0.3, -0.25) is 9.78 Å². The predicted molar refractivity (Wildman–Crippen MR) is 77.3 cm³/mol. The summed E-state index contributed by atoms with van der Waals surface area (Å²) in [4.78, 5) is 16.9. The molecule has 2 nitrogen and oxygen atoms in total. The molecule has 0 aromatic carbocycles. The van der Waals surface area contributed by atoms with Crippen LogP contribution in [0, 0.1) is 0 Å². The Hall–Kier alpha value is -0.520. The van der Waals surface area contributed by atoms with Gasteiger partial charge in [0, 0.05) is 22.8 Å². The van der Waals surface area contributed by atoms with Gasteiger partial charge in [-0.25, -0.2) is 0 Å². The standard InChI is InChI=1S/C12H9Br2NOS/c13-10(9-4-2-6-17-9)11(14)12(16)8-3-1-5-15-7-8/h1-7,10-11H. The van der Waals surface area contributed by atoms with E-state index in [2.05, 4.69) is 36.8 Å². The Kier molecular flexibility index (Phi) is 4.48. The number of hydrogen-bond acceptors (Lipinski definition) is 3. The van der Waals surface area contributed by atoms with Gasteiger partial charge in [-0.15, -0.1) is 11.3 Å². The van der Waals surface area contributed by atoms with Gasteiger partial charge in [-0.1, -0.05) is 37.9 Å². The van der Waals surface area contributed by atoms with Crippen molar-refractivity contribution in [2.45, 2.75) is 9.65 Å². The van der Waals surface area contributed by atoms with Crippen molar-refractivity contribution in [1.29, 1.82) is 0 Å². The zero-order chi connectivity index (χ0) is 12.3. The van der Waals surface area contributed by atoms with Crippen LogP contribution in [0.15, 0.2) is 42.0 Å². The number of nitrogens with zero attached hydrogens (tertiary/aromatic N) is 1. The smallest absolute Gasteiger partial charge is 0.179 e. The van der Waals surface area contributed by atoms with Crippen LogP contribution in [-0.2, 0) is 0 Å². The number of Topliss-reactive ketones (excluding diaryl/α,β-unsaturated/α-hetero) is 1. The van der Waals surface area contributed by atoms with E-state index in [4.69, 9.17) is 0 Å². The highest BCUT2D eigenvalue weighted by Gasteiger charge is 2.26. The molecule has 0 amide bonds. The minimum atomic E-state index is -0.287. The third-order valence-electron chi connectivity index (χ3n) is 2.27. The number of ketones is 1. The monoisotopic (exact) mass is 373 g/mol. The zero-order valence-electron chi connectivity index (χ0n) is 8.72. The van der Waals surface area contributed by atoms with Gasteiger partial charge in [0.2, 0.25) is 0 Å². The number of thiophene rings is 1. The SMILES string of the molecule is O=C(c1cccnc1)C(Br)C(Br)c1cccs1. The lowest BCUT2D eigenvalue weighted by molar-refractivity contribution is 0.0991. The minimum Gasteiger partial charge on any atom is -0.293 e. The molecule has 2 rings (SSSR count). The molecule has 88 valence electrons. The summed E-state index contributed by atoms with van der Waals surface area (Å²) in [5.74, 6) is 0.0355. The van der Waals surface area contributed by atoms with E-state index in [1.807, 2.05) is 17.5 Å². The molecular weight excluding hydrogens is 366 g/mol. The molecular formula is C12H9Br2NOS. The molecule has 2 unspecified atom stereocenters. The lowest BCUT2D eigenvalue weighted by atomic mass is 10.1. The maximum absolute atomic E-state index is 12.2. The fraction of sp³-hybridized carbons (Fsp3) is 0.167. The van der Waals surface area contributed by atoms with Gasteiger partial charge < -0.3 is 0 Å². The molecule has 0 fully saturated rings. The molecule has 2 aromatic rings. The van der Waals surface area contributed by atoms with Crippen molar-refractivity contribution in [3.8, 4) is 0 Å². The molecule has 0 radical (unpaired) electrons. The normalized spacial score (nSPS) is 14.2. The van der Waals surface area contributed by atoms with E-state index in [1.54, 1.807) is 35.9 Å². The molecule has 2 aromatic heterocycles. The van der Waals surface area contributed by atoms with Crippen molar-refractivity contribution in [3.05, 3.63) is 52.5 Å². The first-order valence-corrected chi connectivity index (χ1v) is 7.67. The topological polar surface area (TPSA) is 30.0 Å². The maximum Gasteiger partial charge on any atom is 0.179 e. The van der Waals surface area contributed by atoms with E-state index in [9.17, 15) is 4.79 Å². The van der Waals surface area contributed by atoms with Gasteiger partial charge in [0.25, 0.3) is 0 Å². The van der Waals surface area contributed by atoms with E-state index in [-0.39, 0.29) is 15.4 Å². The Bertz CT molecular complexity index is 486. The van der Waals surface area contributed by atoms with E-state index in [0.717, 1.165) is 4.88 Å². The lowest BCUT2D eigenvalue weighted by Gasteiger charge is -2.14. The summed E-state index contributed by atoms with van der Waals surface area (Å²) in [5.41, 5.74) is 0.621. The second kappa shape index (κ2) is 5.89. The van der Waals surface area contributed by atoms with Gasteiger partial charge in [-0.05, 0) is 23.6 Å². The van der Waals surface area contributed by atoms with Crippen LogP contribution in [0.2, 0.25) is 0 Å². The lowest BCUT2D eigenvalue weighted by Crippen LogP contribution is -2.18. The average Bonchev–Trinajstić information content (AvgIpc) is 2.91. The number of rotatable bonds is 4. The van der Waals surface area contributed by atoms with Crippen LogP contribution in [0.5, 0.6) is 0 Å². The first kappa shape index (κ1) is 12.9. The Morgan fingerprint density at radius 2 is 2.12 bits per heavy atom. The Balaban J connectivity index is 2.16. The summed E-state index contributed by atoms with van der Waals surface area (Å²) < 4.78 is 0. The second-order valence-corrected chi connectivity index (χ2v) is 6.38. The molecule has 0 saturated carbocycles. The molecule has 0 saturated heterocycles. The first-order valence-electron chi connectivity index (χ1n) is 4.96. The number of hydrogen-bond donors (Lipinski definition) is 0. The van der Waals surface area contributed by atoms with E-state index >= 15 is 0 Å². The van der Waals surface area contributed by atoms with E-state index < -0.39 is 0 Å². The van der Waals surface area contributed by atoms with E-state index in [1.165, 1.54) is 0 Å². The highest BCUT2D eigenvalue weighted by atomic mass is 79.9. The van der Waals surface area contributed by atoms with Crippen molar-refractivity contribution in [2.24, 2.45) is 0 Å². The minimum absolute atomic E-state index is 0.0183. The van der Waals surface area contributed by atoms with Crippen LogP contribution in [0.1, 0.15) is 20.1 Å². The Morgan fingerprint density at radius 3 is 2.71 bits per heavy atom. The zero-order valence-corrected chi connectivity index (χ0v) is 12.7. The average molecular weight is 375 g/mol. The Morgan fingerprint density at radius 1 is 1.29 bits per heavy atom. The summed E-state index contributed by atoms with van der Waals surface area (Å²) in [5, 5.41) is 2.00. The van der Waals surface area contributed by atoms with Crippen molar-refractivity contribution in [1.82, 2.24) is 4.98 Å². The molecule has 0 bridgehead atoms. The Labute approximate surface area is 120 Å². The fourth-order valence-corrected chi connectivity index (χ4v) is 3.57. The van der Waals surface area contributed by atoms with Gasteiger partial charge in [0.05, 0.1) is 9.65 Å². The van der Waals surface area contributed by atoms with Gasteiger partial charge in [0.15, 0.2) is 5.78 Å². The number of aromatic nitrogens is 1. The number of alkyl halides is 2. The summed E-state index contributed by atoms with van der Waals surface area (Å²) in [6, 6.07) is 7.52. The van der Waals surface area contributed by atoms with Crippen LogP contribution < -0.4 is 0 Å². The maximum atomic E-state index is 12.2. The van der Waals surface area contributed by atoms with Crippen LogP contribution in [0.3, 0.4) is 0 Å². The molecule has 5 heteroatoms. The summed E-state index contributed by atoms with van der Waals surface area (Å²) in [7, 11) is 0. The third-order valence-corrected chi connectivity index (χ3v) is 6.20. The number of pyridine rings is 1. The van der Waals surface area contributed by atoms with Crippen molar-refractivity contribution < 1.29 is 4.79 Å². The second-order valence-electron chi connectivity index (χ2n) is 3.42. The van der Waals surface area contributed by atoms with Crippen molar-refractivity contribution in [2.75, 3.05) is 0 Å². The molecule has 2 heterocycles. The summed E-state index contributed by atoms with van der Waals surface area (Å²) in [6.07, 6.45) is 3.25.